The third-order valence-corrected chi connectivity index (χ3v) is 3.49. The van der Waals surface area contributed by atoms with Crippen molar-refractivity contribution in [3.63, 3.8) is 0 Å². The highest BCUT2D eigenvalue weighted by Gasteiger charge is 2.01. The molecule has 1 heterocycles. The fourth-order valence-electron chi connectivity index (χ4n) is 1.60. The first-order valence-electron chi connectivity index (χ1n) is 6.47. The van der Waals surface area contributed by atoms with Crippen LogP contribution in [0.1, 0.15) is 36.6 Å². The number of rotatable bonds is 6. The Balaban J connectivity index is 0.00000324. The van der Waals surface area contributed by atoms with Crippen molar-refractivity contribution in [1.82, 2.24) is 15.6 Å². The average molecular weight is 396 g/mol. The summed E-state index contributed by atoms with van der Waals surface area (Å²) in [6.45, 7) is 8.28. The van der Waals surface area contributed by atoms with E-state index in [1.54, 1.807) is 18.4 Å². The van der Waals surface area contributed by atoms with Gasteiger partial charge in [0, 0.05) is 24.7 Å². The summed E-state index contributed by atoms with van der Waals surface area (Å²) in [4.78, 5) is 9.67. The summed E-state index contributed by atoms with van der Waals surface area (Å²) in [5.41, 5.74) is 0. The molecule has 0 aliphatic heterocycles. The Morgan fingerprint density at radius 2 is 2.16 bits per heavy atom. The lowest BCUT2D eigenvalue weighted by molar-refractivity contribution is 0.549. The molecule has 0 aliphatic rings. The smallest absolute Gasteiger partial charge is 0.191 e. The van der Waals surface area contributed by atoms with Gasteiger partial charge in [-0.05, 0) is 25.7 Å². The predicted octanol–water partition coefficient (Wildman–Crippen LogP) is 3.17. The lowest BCUT2D eigenvalue weighted by Crippen LogP contribution is -2.37. The van der Waals surface area contributed by atoms with Gasteiger partial charge < -0.3 is 10.6 Å². The van der Waals surface area contributed by atoms with Gasteiger partial charge in [0.2, 0.25) is 0 Å². The monoisotopic (exact) mass is 396 g/mol. The van der Waals surface area contributed by atoms with Crippen LogP contribution in [0.25, 0.3) is 0 Å². The maximum absolute atomic E-state index is 4.23. The molecular weight excluding hydrogens is 371 g/mol. The molecule has 4 nitrogen and oxygen atoms in total. The summed E-state index contributed by atoms with van der Waals surface area (Å²) in [7, 11) is 1.80. The molecule has 0 aliphatic carbocycles. The van der Waals surface area contributed by atoms with Crippen LogP contribution in [0.4, 0.5) is 0 Å². The third-order valence-electron chi connectivity index (χ3n) is 2.57. The Labute approximate surface area is 137 Å². The van der Waals surface area contributed by atoms with Crippen molar-refractivity contribution in [2.24, 2.45) is 10.9 Å². The maximum Gasteiger partial charge on any atom is 0.191 e. The Morgan fingerprint density at radius 3 is 2.68 bits per heavy atom. The van der Waals surface area contributed by atoms with Gasteiger partial charge in [0.05, 0.1) is 11.6 Å². The first kappa shape index (κ1) is 18.6. The molecule has 19 heavy (non-hydrogen) atoms. The number of hydrogen-bond acceptors (Lipinski definition) is 3. The SMILES string of the molecule is CN=C(NCCCC(C)C)NCc1cnc(C)s1.I. The summed E-state index contributed by atoms with van der Waals surface area (Å²) in [5, 5.41) is 7.72. The lowest BCUT2D eigenvalue weighted by Gasteiger charge is -2.11. The molecule has 0 spiro atoms. The fourth-order valence-corrected chi connectivity index (χ4v) is 2.33. The third kappa shape index (κ3) is 8.41. The molecule has 0 atom stereocenters. The van der Waals surface area contributed by atoms with Crippen LogP contribution in [0.2, 0.25) is 0 Å². The van der Waals surface area contributed by atoms with Crippen LogP contribution in [0.5, 0.6) is 0 Å². The Hall–Kier alpha value is -0.370. The molecule has 1 aromatic rings. The Kier molecular flexibility index (Phi) is 10.2. The Morgan fingerprint density at radius 1 is 1.42 bits per heavy atom. The van der Waals surface area contributed by atoms with Gasteiger partial charge in [-0.2, -0.15) is 0 Å². The summed E-state index contributed by atoms with van der Waals surface area (Å²) in [6, 6.07) is 0. The molecule has 0 radical (unpaired) electrons. The van der Waals surface area contributed by atoms with E-state index in [4.69, 9.17) is 0 Å². The number of nitrogens with one attached hydrogen (secondary N) is 2. The molecule has 1 aromatic heterocycles. The van der Waals surface area contributed by atoms with Gasteiger partial charge in [-0.3, -0.25) is 4.99 Å². The van der Waals surface area contributed by atoms with E-state index in [0.717, 1.165) is 30.0 Å². The van der Waals surface area contributed by atoms with Crippen LogP contribution in [0.3, 0.4) is 0 Å². The van der Waals surface area contributed by atoms with Crippen molar-refractivity contribution in [3.05, 3.63) is 16.1 Å². The van der Waals surface area contributed by atoms with Crippen molar-refractivity contribution >= 4 is 41.3 Å². The fraction of sp³-hybridized carbons (Fsp3) is 0.692. The van der Waals surface area contributed by atoms with Gasteiger partial charge in [-0.1, -0.05) is 13.8 Å². The molecule has 0 aromatic carbocycles. The molecular formula is C13H25IN4S. The number of guanidine groups is 1. The number of aliphatic imine (C=N–C) groups is 1. The standard InChI is InChI=1S/C13H24N4S.HI/c1-10(2)6-5-7-15-13(14-4)17-9-12-8-16-11(3)18-12;/h8,10H,5-7,9H2,1-4H3,(H2,14,15,17);1H. The zero-order chi connectivity index (χ0) is 13.4. The van der Waals surface area contributed by atoms with Crippen LogP contribution in [0, 0.1) is 12.8 Å². The summed E-state index contributed by atoms with van der Waals surface area (Å²) in [5.74, 6) is 1.63. The van der Waals surface area contributed by atoms with Gasteiger partial charge >= 0.3 is 0 Å². The topological polar surface area (TPSA) is 49.3 Å². The predicted molar refractivity (Wildman–Crippen MR) is 94.5 cm³/mol. The zero-order valence-electron chi connectivity index (χ0n) is 12.2. The van der Waals surface area contributed by atoms with E-state index >= 15 is 0 Å². The van der Waals surface area contributed by atoms with Crippen LogP contribution in [0.15, 0.2) is 11.2 Å². The molecule has 0 unspecified atom stereocenters. The van der Waals surface area contributed by atoms with Crippen LogP contribution in [-0.4, -0.2) is 24.5 Å². The minimum atomic E-state index is 0. The molecule has 0 bridgehead atoms. The number of halogens is 1. The lowest BCUT2D eigenvalue weighted by atomic mass is 10.1. The molecule has 110 valence electrons. The number of thiazole rings is 1. The summed E-state index contributed by atoms with van der Waals surface area (Å²) >= 11 is 1.72. The molecule has 0 saturated heterocycles. The van der Waals surface area contributed by atoms with E-state index in [1.165, 1.54) is 17.7 Å². The molecule has 0 saturated carbocycles. The number of hydrogen-bond donors (Lipinski definition) is 2. The molecule has 6 heteroatoms. The van der Waals surface area contributed by atoms with Gasteiger partial charge in [0.15, 0.2) is 5.96 Å². The molecule has 0 amide bonds. The zero-order valence-corrected chi connectivity index (χ0v) is 15.3. The van der Waals surface area contributed by atoms with Crippen molar-refractivity contribution in [3.8, 4) is 0 Å². The second-order valence-corrected chi connectivity index (χ2v) is 6.05. The van der Waals surface area contributed by atoms with E-state index in [9.17, 15) is 0 Å². The van der Waals surface area contributed by atoms with E-state index in [2.05, 4.69) is 34.5 Å². The van der Waals surface area contributed by atoms with Crippen molar-refractivity contribution < 1.29 is 0 Å². The number of aromatic nitrogens is 1. The molecule has 1 rings (SSSR count). The molecule has 0 fully saturated rings. The van der Waals surface area contributed by atoms with E-state index in [-0.39, 0.29) is 24.0 Å². The van der Waals surface area contributed by atoms with Crippen molar-refractivity contribution in [2.75, 3.05) is 13.6 Å². The van der Waals surface area contributed by atoms with Crippen LogP contribution >= 0.6 is 35.3 Å². The first-order chi connectivity index (χ1) is 8.61. The van der Waals surface area contributed by atoms with Crippen molar-refractivity contribution in [2.45, 2.75) is 40.2 Å². The molecule has 2 N–H and O–H groups in total. The normalized spacial score (nSPS) is 11.3. The minimum absolute atomic E-state index is 0. The number of aryl methyl sites for hydroxylation is 1. The maximum atomic E-state index is 4.23. The summed E-state index contributed by atoms with van der Waals surface area (Å²) in [6.07, 6.45) is 4.34. The van der Waals surface area contributed by atoms with E-state index in [0.29, 0.717) is 0 Å². The van der Waals surface area contributed by atoms with Gasteiger partial charge in [0.25, 0.3) is 0 Å². The second kappa shape index (κ2) is 10.4. The van der Waals surface area contributed by atoms with Crippen LogP contribution in [-0.2, 0) is 6.54 Å². The van der Waals surface area contributed by atoms with E-state index < -0.39 is 0 Å². The highest BCUT2D eigenvalue weighted by atomic mass is 127. The Bertz CT molecular complexity index is 376. The van der Waals surface area contributed by atoms with Crippen LogP contribution < -0.4 is 10.6 Å². The average Bonchev–Trinajstić information content (AvgIpc) is 2.74. The first-order valence-corrected chi connectivity index (χ1v) is 7.29. The second-order valence-electron chi connectivity index (χ2n) is 4.73. The largest absolute Gasteiger partial charge is 0.356 e. The van der Waals surface area contributed by atoms with Gasteiger partial charge in [-0.15, -0.1) is 35.3 Å². The van der Waals surface area contributed by atoms with Gasteiger partial charge in [0.1, 0.15) is 0 Å². The summed E-state index contributed by atoms with van der Waals surface area (Å²) < 4.78 is 0. The minimum Gasteiger partial charge on any atom is -0.356 e. The van der Waals surface area contributed by atoms with Gasteiger partial charge in [-0.25, -0.2) is 4.98 Å². The quantitative estimate of drug-likeness (QED) is 0.336. The number of nitrogens with zero attached hydrogens (tertiary/aromatic N) is 2. The highest BCUT2D eigenvalue weighted by Crippen LogP contribution is 2.10. The van der Waals surface area contributed by atoms with E-state index in [1.807, 2.05) is 13.1 Å². The van der Waals surface area contributed by atoms with Crippen molar-refractivity contribution in [1.29, 1.82) is 0 Å². The highest BCUT2D eigenvalue weighted by molar-refractivity contribution is 14.0.